The Hall–Kier alpha value is -0.860. The zero-order valence-corrected chi connectivity index (χ0v) is 11.6. The second-order valence-corrected chi connectivity index (χ2v) is 5.12. The summed E-state index contributed by atoms with van der Waals surface area (Å²) in [6, 6.07) is 8.71. The number of benzene rings is 1. The van der Waals surface area contributed by atoms with Gasteiger partial charge in [0.15, 0.2) is 0 Å². The topological polar surface area (TPSA) is 21.3 Å². The molecule has 1 aromatic rings. The molecular formula is C16H25NO. The Morgan fingerprint density at radius 3 is 2.72 bits per heavy atom. The molecule has 1 aliphatic heterocycles. The van der Waals surface area contributed by atoms with Crippen LogP contribution in [0.4, 0.5) is 0 Å². The molecule has 18 heavy (non-hydrogen) atoms. The van der Waals surface area contributed by atoms with Gasteiger partial charge in [-0.1, -0.05) is 38.1 Å². The minimum Gasteiger partial charge on any atom is -0.378 e. The molecule has 1 N–H and O–H groups in total. The summed E-state index contributed by atoms with van der Waals surface area (Å²) >= 11 is 0. The van der Waals surface area contributed by atoms with Crippen molar-refractivity contribution in [3.8, 4) is 0 Å². The maximum Gasteiger partial charge on any atom is 0.0613 e. The van der Waals surface area contributed by atoms with E-state index in [-0.39, 0.29) is 0 Å². The lowest BCUT2D eigenvalue weighted by molar-refractivity contribution is 0.0872. The highest BCUT2D eigenvalue weighted by atomic mass is 16.5. The lowest BCUT2D eigenvalue weighted by Crippen LogP contribution is -2.28. The summed E-state index contributed by atoms with van der Waals surface area (Å²) in [6.07, 6.45) is 3.93. The van der Waals surface area contributed by atoms with Gasteiger partial charge in [-0.25, -0.2) is 0 Å². The van der Waals surface area contributed by atoms with Crippen LogP contribution in [0.2, 0.25) is 0 Å². The highest BCUT2D eigenvalue weighted by Crippen LogP contribution is 2.22. The van der Waals surface area contributed by atoms with Crippen molar-refractivity contribution in [2.24, 2.45) is 5.92 Å². The second kappa shape index (κ2) is 6.91. The Labute approximate surface area is 111 Å². The van der Waals surface area contributed by atoms with Crippen LogP contribution in [0.15, 0.2) is 24.3 Å². The van der Waals surface area contributed by atoms with Crippen LogP contribution in [0.3, 0.4) is 0 Å². The van der Waals surface area contributed by atoms with Gasteiger partial charge in [0.2, 0.25) is 0 Å². The van der Waals surface area contributed by atoms with E-state index in [9.17, 15) is 0 Å². The van der Waals surface area contributed by atoms with Crippen LogP contribution < -0.4 is 5.32 Å². The van der Waals surface area contributed by atoms with E-state index in [4.69, 9.17) is 4.74 Å². The van der Waals surface area contributed by atoms with Gasteiger partial charge in [0.05, 0.1) is 6.10 Å². The van der Waals surface area contributed by atoms with Crippen molar-refractivity contribution in [1.29, 1.82) is 0 Å². The molecule has 0 spiro atoms. The average molecular weight is 247 g/mol. The molecule has 1 aromatic carbocycles. The third-order valence-electron chi connectivity index (χ3n) is 3.97. The van der Waals surface area contributed by atoms with Gasteiger partial charge >= 0.3 is 0 Å². The van der Waals surface area contributed by atoms with Crippen LogP contribution in [-0.2, 0) is 17.7 Å². The van der Waals surface area contributed by atoms with Gasteiger partial charge in [0, 0.05) is 19.7 Å². The highest BCUT2D eigenvalue weighted by molar-refractivity contribution is 5.26. The molecule has 0 bridgehead atoms. The monoisotopic (exact) mass is 247 g/mol. The van der Waals surface area contributed by atoms with Crippen LogP contribution >= 0.6 is 0 Å². The van der Waals surface area contributed by atoms with Crippen LogP contribution in [0.5, 0.6) is 0 Å². The Morgan fingerprint density at radius 1 is 1.22 bits per heavy atom. The number of hydrogen-bond donors (Lipinski definition) is 1. The Bertz CT molecular complexity index is 364. The first kappa shape index (κ1) is 13.6. The molecule has 0 aliphatic carbocycles. The second-order valence-electron chi connectivity index (χ2n) is 5.12. The van der Waals surface area contributed by atoms with E-state index in [1.807, 2.05) is 0 Å². The predicted octanol–water partition coefficient (Wildman–Crippen LogP) is 3.15. The molecule has 1 heterocycles. The third-order valence-corrected chi connectivity index (χ3v) is 3.97. The van der Waals surface area contributed by atoms with E-state index in [0.717, 1.165) is 32.5 Å². The number of ether oxygens (including phenoxy) is 1. The van der Waals surface area contributed by atoms with Crippen LogP contribution in [0, 0.1) is 5.92 Å². The molecule has 2 atom stereocenters. The van der Waals surface area contributed by atoms with Gasteiger partial charge in [-0.3, -0.25) is 0 Å². The lowest BCUT2D eigenvalue weighted by atomic mass is 9.99. The summed E-state index contributed by atoms with van der Waals surface area (Å²) in [5, 5.41) is 3.60. The quantitative estimate of drug-likeness (QED) is 0.834. The standard InChI is InChI=1S/C16H25NO/c1-3-13-7-5-6-8-14(13)11-17-12-15-9-10-18-16(15)4-2/h5-8,15-17H,3-4,9-12H2,1-2H3. The van der Waals surface area contributed by atoms with Gasteiger partial charge in [-0.2, -0.15) is 0 Å². The molecule has 2 unspecified atom stereocenters. The van der Waals surface area contributed by atoms with Crippen LogP contribution in [-0.4, -0.2) is 19.3 Å². The minimum atomic E-state index is 0.471. The lowest BCUT2D eigenvalue weighted by Gasteiger charge is -2.18. The minimum absolute atomic E-state index is 0.471. The summed E-state index contributed by atoms with van der Waals surface area (Å²) in [5.41, 5.74) is 2.90. The van der Waals surface area contributed by atoms with Gasteiger partial charge < -0.3 is 10.1 Å². The average Bonchev–Trinajstić information content (AvgIpc) is 2.87. The molecular weight excluding hydrogens is 222 g/mol. The van der Waals surface area contributed by atoms with E-state index >= 15 is 0 Å². The number of aryl methyl sites for hydroxylation is 1. The summed E-state index contributed by atoms with van der Waals surface area (Å²) < 4.78 is 5.72. The fraction of sp³-hybridized carbons (Fsp3) is 0.625. The molecule has 1 aliphatic rings. The van der Waals surface area contributed by atoms with E-state index in [1.165, 1.54) is 17.5 Å². The molecule has 0 amide bonds. The van der Waals surface area contributed by atoms with Crippen LogP contribution in [0.1, 0.15) is 37.8 Å². The highest BCUT2D eigenvalue weighted by Gasteiger charge is 2.25. The molecule has 2 heteroatoms. The summed E-state index contributed by atoms with van der Waals surface area (Å²) in [5.74, 6) is 0.698. The van der Waals surface area contributed by atoms with E-state index in [0.29, 0.717) is 12.0 Å². The largest absolute Gasteiger partial charge is 0.378 e. The van der Waals surface area contributed by atoms with Crippen molar-refractivity contribution in [3.05, 3.63) is 35.4 Å². The smallest absolute Gasteiger partial charge is 0.0613 e. The Morgan fingerprint density at radius 2 is 2.00 bits per heavy atom. The van der Waals surface area contributed by atoms with E-state index < -0.39 is 0 Å². The molecule has 100 valence electrons. The SMILES string of the molecule is CCc1ccccc1CNCC1CCOC1CC. The first-order valence-corrected chi connectivity index (χ1v) is 7.24. The number of nitrogens with one attached hydrogen (secondary N) is 1. The first-order chi connectivity index (χ1) is 8.85. The molecule has 1 fully saturated rings. The van der Waals surface area contributed by atoms with Crippen LogP contribution in [0.25, 0.3) is 0 Å². The zero-order valence-electron chi connectivity index (χ0n) is 11.6. The number of hydrogen-bond acceptors (Lipinski definition) is 2. The Kier molecular flexibility index (Phi) is 5.21. The van der Waals surface area contributed by atoms with E-state index in [2.05, 4.69) is 43.4 Å². The van der Waals surface area contributed by atoms with Crippen molar-refractivity contribution in [1.82, 2.24) is 5.32 Å². The molecule has 2 nitrogen and oxygen atoms in total. The maximum absolute atomic E-state index is 5.72. The summed E-state index contributed by atoms with van der Waals surface area (Å²) in [7, 11) is 0. The van der Waals surface area contributed by atoms with Crippen molar-refractivity contribution in [3.63, 3.8) is 0 Å². The molecule has 2 rings (SSSR count). The van der Waals surface area contributed by atoms with Crippen molar-refractivity contribution < 1.29 is 4.74 Å². The van der Waals surface area contributed by atoms with Crippen molar-refractivity contribution >= 4 is 0 Å². The Balaban J connectivity index is 1.81. The summed E-state index contributed by atoms with van der Waals surface area (Å²) in [4.78, 5) is 0. The summed E-state index contributed by atoms with van der Waals surface area (Å²) in [6.45, 7) is 7.44. The van der Waals surface area contributed by atoms with Gasteiger partial charge in [-0.05, 0) is 36.3 Å². The van der Waals surface area contributed by atoms with Gasteiger partial charge in [0.1, 0.15) is 0 Å². The predicted molar refractivity (Wildman–Crippen MR) is 75.7 cm³/mol. The van der Waals surface area contributed by atoms with Gasteiger partial charge in [-0.15, -0.1) is 0 Å². The van der Waals surface area contributed by atoms with Crippen molar-refractivity contribution in [2.45, 2.75) is 45.8 Å². The zero-order chi connectivity index (χ0) is 12.8. The molecule has 0 saturated carbocycles. The van der Waals surface area contributed by atoms with E-state index in [1.54, 1.807) is 0 Å². The third kappa shape index (κ3) is 3.33. The fourth-order valence-electron chi connectivity index (χ4n) is 2.84. The first-order valence-electron chi connectivity index (χ1n) is 7.24. The van der Waals surface area contributed by atoms with Crippen molar-refractivity contribution in [2.75, 3.05) is 13.2 Å². The van der Waals surface area contributed by atoms with Gasteiger partial charge in [0.25, 0.3) is 0 Å². The normalized spacial score (nSPS) is 23.4. The fourth-order valence-corrected chi connectivity index (χ4v) is 2.84. The molecule has 0 aromatic heterocycles. The molecule has 1 saturated heterocycles. The number of rotatable bonds is 6. The molecule has 0 radical (unpaired) electrons. The maximum atomic E-state index is 5.72.